The van der Waals surface area contributed by atoms with Crippen LogP contribution < -0.4 is 10.9 Å². The zero-order valence-electron chi connectivity index (χ0n) is 15.6. The highest BCUT2D eigenvalue weighted by molar-refractivity contribution is 5.91. The topological polar surface area (TPSA) is 56.0 Å². The minimum absolute atomic E-state index is 0.141. The summed E-state index contributed by atoms with van der Waals surface area (Å²) in [7, 11) is 0. The zero-order valence-corrected chi connectivity index (χ0v) is 15.6. The van der Waals surface area contributed by atoms with Gasteiger partial charge in [-0.2, -0.15) is 0 Å². The number of hydrogen-bond acceptors (Lipinski definition) is 2. The van der Waals surface area contributed by atoms with Gasteiger partial charge >= 0.3 is 0 Å². The number of aryl methyl sites for hydroxylation is 1. The van der Waals surface area contributed by atoms with Gasteiger partial charge in [-0.3, -0.25) is 14.3 Å². The molecule has 1 heterocycles. The zero-order chi connectivity index (χ0) is 19.9. The molecule has 27 heavy (non-hydrogen) atoms. The molecule has 3 aromatic rings. The molecule has 7 heteroatoms. The molecule has 2 aromatic carbocycles. The Balaban J connectivity index is 2.01. The number of fused-ring (bicyclic) bond motifs is 1. The molecule has 0 saturated heterocycles. The summed E-state index contributed by atoms with van der Waals surface area (Å²) in [5, 5.41) is 3.07. The summed E-state index contributed by atoms with van der Waals surface area (Å²) < 4.78 is 29.6. The number of carbonyl (C=O) groups excluding carboxylic acids is 1. The van der Waals surface area contributed by atoms with Crippen LogP contribution >= 0.6 is 0 Å². The van der Waals surface area contributed by atoms with Crippen LogP contribution in [0.15, 0.2) is 41.2 Å². The number of benzene rings is 2. The lowest BCUT2D eigenvalue weighted by Crippen LogP contribution is -2.38. The van der Waals surface area contributed by atoms with Crippen LogP contribution in [0.25, 0.3) is 10.9 Å². The van der Waals surface area contributed by atoms with Crippen molar-refractivity contribution in [1.82, 2.24) is 9.36 Å². The summed E-state index contributed by atoms with van der Waals surface area (Å²) in [5.74, 6) is -2.47. The SMILES string of the molecule is Cc1ccc2c(c1)c(=O)n(C(C)(C)C)n2CC(=O)Nc1ccc(F)c(F)c1. The number of nitrogens with zero attached hydrogens (tertiary/aromatic N) is 2. The number of anilines is 1. The second-order valence-corrected chi connectivity index (χ2v) is 7.54. The molecular weight excluding hydrogens is 352 g/mol. The summed E-state index contributed by atoms with van der Waals surface area (Å²) >= 11 is 0. The number of halogens is 2. The molecule has 0 radical (unpaired) electrons. The van der Waals surface area contributed by atoms with Crippen molar-refractivity contribution in [2.45, 2.75) is 39.8 Å². The summed E-state index contributed by atoms with van der Waals surface area (Å²) in [5.41, 5.74) is 1.01. The summed E-state index contributed by atoms with van der Waals surface area (Å²) in [6.07, 6.45) is 0. The highest BCUT2D eigenvalue weighted by Gasteiger charge is 2.24. The average molecular weight is 373 g/mol. The van der Waals surface area contributed by atoms with Crippen LogP contribution in [-0.4, -0.2) is 15.3 Å². The second-order valence-electron chi connectivity index (χ2n) is 7.54. The van der Waals surface area contributed by atoms with E-state index >= 15 is 0 Å². The molecule has 1 N–H and O–H groups in total. The lowest BCUT2D eigenvalue weighted by Gasteiger charge is -2.24. The van der Waals surface area contributed by atoms with Crippen LogP contribution in [-0.2, 0) is 16.9 Å². The first-order valence-corrected chi connectivity index (χ1v) is 8.55. The lowest BCUT2D eigenvalue weighted by molar-refractivity contribution is -0.117. The van der Waals surface area contributed by atoms with Crippen molar-refractivity contribution in [2.24, 2.45) is 0 Å². The van der Waals surface area contributed by atoms with Gasteiger partial charge < -0.3 is 5.32 Å². The van der Waals surface area contributed by atoms with Gasteiger partial charge in [-0.15, -0.1) is 0 Å². The fraction of sp³-hybridized carbons (Fsp3) is 0.300. The Hall–Kier alpha value is -2.96. The van der Waals surface area contributed by atoms with Crippen molar-refractivity contribution < 1.29 is 13.6 Å². The minimum atomic E-state index is -1.04. The second kappa shape index (κ2) is 6.64. The van der Waals surface area contributed by atoms with Gasteiger partial charge in [0.2, 0.25) is 5.91 Å². The van der Waals surface area contributed by atoms with E-state index in [-0.39, 0.29) is 17.8 Å². The highest BCUT2D eigenvalue weighted by Crippen LogP contribution is 2.20. The van der Waals surface area contributed by atoms with E-state index in [0.29, 0.717) is 10.9 Å². The molecule has 3 rings (SSSR count). The maximum atomic E-state index is 13.3. The van der Waals surface area contributed by atoms with Gasteiger partial charge in [0.05, 0.1) is 16.4 Å². The molecule has 0 aliphatic rings. The Kier molecular flexibility index (Phi) is 4.63. The number of carbonyl (C=O) groups is 1. The Morgan fingerprint density at radius 2 is 1.78 bits per heavy atom. The molecule has 0 atom stereocenters. The molecule has 142 valence electrons. The van der Waals surface area contributed by atoms with Gasteiger partial charge in [0, 0.05) is 11.8 Å². The van der Waals surface area contributed by atoms with Crippen LogP contribution in [0.3, 0.4) is 0 Å². The minimum Gasteiger partial charge on any atom is -0.324 e. The molecule has 0 aliphatic carbocycles. The van der Waals surface area contributed by atoms with E-state index < -0.39 is 23.1 Å². The Morgan fingerprint density at radius 1 is 1.07 bits per heavy atom. The molecule has 0 unspecified atom stereocenters. The summed E-state index contributed by atoms with van der Waals surface area (Å²) in [6, 6.07) is 8.62. The van der Waals surface area contributed by atoms with E-state index in [1.807, 2.05) is 33.8 Å². The fourth-order valence-electron chi connectivity index (χ4n) is 3.11. The van der Waals surface area contributed by atoms with Gasteiger partial charge in [0.1, 0.15) is 6.54 Å². The highest BCUT2D eigenvalue weighted by atomic mass is 19.2. The van der Waals surface area contributed by atoms with E-state index in [2.05, 4.69) is 5.32 Å². The van der Waals surface area contributed by atoms with Gasteiger partial charge in [-0.05, 0) is 52.0 Å². The van der Waals surface area contributed by atoms with Gasteiger partial charge in [-0.1, -0.05) is 11.6 Å². The normalized spacial score (nSPS) is 11.8. The van der Waals surface area contributed by atoms with Crippen molar-refractivity contribution in [1.29, 1.82) is 0 Å². The summed E-state index contributed by atoms with van der Waals surface area (Å²) in [6.45, 7) is 7.39. The fourth-order valence-corrected chi connectivity index (χ4v) is 3.11. The quantitative estimate of drug-likeness (QED) is 0.760. The van der Waals surface area contributed by atoms with Crippen LogP contribution in [0.2, 0.25) is 0 Å². The average Bonchev–Trinajstić information content (AvgIpc) is 2.82. The predicted molar refractivity (Wildman–Crippen MR) is 101 cm³/mol. The molecule has 1 aromatic heterocycles. The van der Waals surface area contributed by atoms with E-state index in [1.54, 1.807) is 21.5 Å². The first-order valence-electron chi connectivity index (χ1n) is 8.55. The van der Waals surface area contributed by atoms with Gasteiger partial charge in [0.25, 0.3) is 5.56 Å². The number of nitrogens with one attached hydrogen (secondary N) is 1. The number of rotatable bonds is 3. The third kappa shape index (κ3) is 3.63. The molecule has 0 bridgehead atoms. The van der Waals surface area contributed by atoms with Crippen LogP contribution in [0.1, 0.15) is 26.3 Å². The van der Waals surface area contributed by atoms with E-state index in [0.717, 1.165) is 17.7 Å². The number of amides is 1. The van der Waals surface area contributed by atoms with Crippen molar-refractivity contribution in [3.05, 3.63) is 63.9 Å². The first-order chi connectivity index (χ1) is 12.6. The predicted octanol–water partition coefficient (Wildman–Crippen LogP) is 3.78. The van der Waals surface area contributed by atoms with Crippen molar-refractivity contribution in [2.75, 3.05) is 5.32 Å². The Morgan fingerprint density at radius 3 is 2.41 bits per heavy atom. The lowest BCUT2D eigenvalue weighted by atomic mass is 10.1. The molecular formula is C20H21F2N3O2. The molecule has 0 spiro atoms. The standard InChI is InChI=1S/C20H21F2N3O2/c1-12-5-8-17-14(9-12)19(27)25(20(2,3)4)24(17)11-18(26)23-13-6-7-15(21)16(22)10-13/h5-10H,11H2,1-4H3,(H,23,26). The molecule has 0 saturated carbocycles. The van der Waals surface area contributed by atoms with Crippen LogP contribution in [0.5, 0.6) is 0 Å². The molecule has 0 aliphatic heterocycles. The van der Waals surface area contributed by atoms with E-state index in [9.17, 15) is 18.4 Å². The third-order valence-electron chi connectivity index (χ3n) is 4.23. The van der Waals surface area contributed by atoms with Crippen LogP contribution in [0.4, 0.5) is 14.5 Å². The van der Waals surface area contributed by atoms with Crippen LogP contribution in [0, 0.1) is 18.6 Å². The molecule has 1 amide bonds. The van der Waals surface area contributed by atoms with E-state index in [1.165, 1.54) is 6.07 Å². The molecule has 5 nitrogen and oxygen atoms in total. The molecule has 0 fully saturated rings. The Bertz CT molecular complexity index is 1090. The largest absolute Gasteiger partial charge is 0.324 e. The summed E-state index contributed by atoms with van der Waals surface area (Å²) in [4.78, 5) is 25.4. The van der Waals surface area contributed by atoms with Gasteiger partial charge in [-0.25, -0.2) is 13.5 Å². The smallest absolute Gasteiger partial charge is 0.275 e. The van der Waals surface area contributed by atoms with Crippen molar-refractivity contribution >= 4 is 22.5 Å². The maximum absolute atomic E-state index is 13.3. The monoisotopic (exact) mass is 373 g/mol. The van der Waals surface area contributed by atoms with E-state index in [4.69, 9.17) is 0 Å². The maximum Gasteiger partial charge on any atom is 0.275 e. The number of hydrogen-bond donors (Lipinski definition) is 1. The van der Waals surface area contributed by atoms with Crippen molar-refractivity contribution in [3.8, 4) is 0 Å². The Labute approximate surface area is 155 Å². The van der Waals surface area contributed by atoms with Gasteiger partial charge in [0.15, 0.2) is 11.6 Å². The third-order valence-corrected chi connectivity index (χ3v) is 4.23. The first kappa shape index (κ1) is 18.8. The number of aromatic nitrogens is 2. The van der Waals surface area contributed by atoms with Crippen molar-refractivity contribution in [3.63, 3.8) is 0 Å².